The fourth-order valence-corrected chi connectivity index (χ4v) is 6.45. The Bertz CT molecular complexity index is 1540. The number of benzene rings is 2. The van der Waals surface area contributed by atoms with E-state index in [4.69, 9.17) is 9.73 Å². The maximum Gasteiger partial charge on any atom is 0.271 e. The van der Waals surface area contributed by atoms with Crippen LogP contribution >= 0.6 is 22.7 Å². The van der Waals surface area contributed by atoms with Crippen LogP contribution < -0.4 is 19.6 Å². The molecule has 0 bridgehead atoms. The Morgan fingerprint density at radius 1 is 1.09 bits per heavy atom. The number of methoxy groups -OCH3 is 1. The minimum atomic E-state index is -0.0953. The number of nitrogens with zero attached hydrogens (tertiary/aromatic N) is 2. The Labute approximate surface area is 193 Å². The highest BCUT2D eigenvalue weighted by Crippen LogP contribution is 2.42. The molecule has 2 aliphatic rings. The lowest BCUT2D eigenvalue weighted by molar-refractivity contribution is 0.414. The average molecular weight is 457 g/mol. The van der Waals surface area contributed by atoms with Gasteiger partial charge in [0.25, 0.3) is 5.56 Å². The van der Waals surface area contributed by atoms with E-state index < -0.39 is 0 Å². The van der Waals surface area contributed by atoms with Gasteiger partial charge in [-0.1, -0.05) is 53.8 Å². The van der Waals surface area contributed by atoms with Crippen molar-refractivity contribution in [3.05, 3.63) is 113 Å². The standard InChI is InChI=1S/C26H20N2O2S2/c1-30-18-8-4-6-16(14-18)15-22-25(29)28-24(21-10-5-13-31-21)20-12-11-17-7-2-3-9-19(17)23(20)27-26(28)32-22/h2-10,13-15,24H,11-12H2,1H3/b22-15-. The third-order valence-electron chi connectivity index (χ3n) is 6.08. The Morgan fingerprint density at radius 3 is 2.84 bits per heavy atom. The van der Waals surface area contributed by atoms with Gasteiger partial charge in [-0.15, -0.1) is 11.3 Å². The van der Waals surface area contributed by atoms with Gasteiger partial charge in [-0.2, -0.15) is 0 Å². The quantitative estimate of drug-likeness (QED) is 0.459. The second-order valence-corrected chi connectivity index (χ2v) is 9.89. The smallest absolute Gasteiger partial charge is 0.271 e. The van der Waals surface area contributed by atoms with Crippen LogP contribution in [0, 0.1) is 0 Å². The molecule has 1 aliphatic heterocycles. The number of thiophene rings is 1. The lowest BCUT2D eigenvalue weighted by Crippen LogP contribution is -2.38. The molecule has 0 amide bonds. The molecule has 6 heteroatoms. The number of aryl methyl sites for hydroxylation is 1. The van der Waals surface area contributed by atoms with Gasteiger partial charge in [0.15, 0.2) is 4.80 Å². The van der Waals surface area contributed by atoms with E-state index in [2.05, 4.69) is 41.8 Å². The summed E-state index contributed by atoms with van der Waals surface area (Å²) < 4.78 is 7.93. The SMILES string of the molecule is COc1cccc(/C=c2\sc3n(c2=O)C(c2cccs2)C2=C(N=3)c3ccccc3CC2)c1. The maximum absolute atomic E-state index is 13.6. The lowest BCUT2D eigenvalue weighted by Gasteiger charge is -2.30. The number of hydrogen-bond donors (Lipinski definition) is 0. The zero-order chi connectivity index (χ0) is 21.7. The largest absolute Gasteiger partial charge is 0.497 e. The predicted molar refractivity (Wildman–Crippen MR) is 130 cm³/mol. The van der Waals surface area contributed by atoms with Crippen LogP contribution in [-0.2, 0) is 6.42 Å². The molecule has 0 fully saturated rings. The Hall–Kier alpha value is -3.22. The van der Waals surface area contributed by atoms with Crippen molar-refractivity contribution in [2.45, 2.75) is 18.9 Å². The summed E-state index contributed by atoms with van der Waals surface area (Å²) in [4.78, 5) is 20.6. The summed E-state index contributed by atoms with van der Waals surface area (Å²) in [5.74, 6) is 0.773. The van der Waals surface area contributed by atoms with E-state index in [1.807, 2.05) is 34.9 Å². The van der Waals surface area contributed by atoms with Crippen molar-refractivity contribution >= 4 is 34.4 Å². The normalized spacial score (nSPS) is 17.4. The van der Waals surface area contributed by atoms with Gasteiger partial charge in [0.05, 0.1) is 23.4 Å². The zero-order valence-electron chi connectivity index (χ0n) is 17.4. The fourth-order valence-electron chi connectivity index (χ4n) is 4.60. The Balaban J connectivity index is 1.61. The highest BCUT2D eigenvalue weighted by Gasteiger charge is 2.32. The van der Waals surface area contributed by atoms with Crippen molar-refractivity contribution < 1.29 is 4.74 Å². The first-order chi connectivity index (χ1) is 15.7. The Kier molecular flexibility index (Phi) is 4.70. The molecule has 3 heterocycles. The fraction of sp³-hybridized carbons (Fsp3) is 0.154. The van der Waals surface area contributed by atoms with Gasteiger partial charge in [-0.05, 0) is 59.2 Å². The summed E-state index contributed by atoms with van der Waals surface area (Å²) in [7, 11) is 1.65. The summed E-state index contributed by atoms with van der Waals surface area (Å²) >= 11 is 3.16. The number of aromatic nitrogens is 1. The topological polar surface area (TPSA) is 43.6 Å². The number of fused-ring (bicyclic) bond motifs is 3. The van der Waals surface area contributed by atoms with Crippen molar-refractivity contribution in [3.8, 4) is 5.75 Å². The van der Waals surface area contributed by atoms with Crippen LogP contribution in [0.4, 0.5) is 0 Å². The summed E-state index contributed by atoms with van der Waals surface area (Å²) in [5.41, 5.74) is 5.76. The third-order valence-corrected chi connectivity index (χ3v) is 7.98. The van der Waals surface area contributed by atoms with Gasteiger partial charge in [-0.3, -0.25) is 9.36 Å². The van der Waals surface area contributed by atoms with Crippen molar-refractivity contribution in [1.29, 1.82) is 0 Å². The van der Waals surface area contributed by atoms with Crippen LogP contribution in [-0.4, -0.2) is 11.7 Å². The van der Waals surface area contributed by atoms with Crippen LogP contribution in [0.2, 0.25) is 0 Å². The van der Waals surface area contributed by atoms with Crippen molar-refractivity contribution in [3.63, 3.8) is 0 Å². The molecule has 4 aromatic rings. The van der Waals surface area contributed by atoms with Gasteiger partial charge in [-0.25, -0.2) is 4.99 Å². The molecule has 32 heavy (non-hydrogen) atoms. The first-order valence-corrected chi connectivity index (χ1v) is 12.2. The van der Waals surface area contributed by atoms with Gasteiger partial charge in [0.1, 0.15) is 5.75 Å². The minimum absolute atomic E-state index is 0.0142. The average Bonchev–Trinajstić information content (AvgIpc) is 3.46. The van der Waals surface area contributed by atoms with Gasteiger partial charge in [0.2, 0.25) is 0 Å². The summed E-state index contributed by atoms with van der Waals surface area (Å²) in [6, 6.07) is 20.4. The number of ether oxygens (including phenoxy) is 1. The van der Waals surface area contributed by atoms with Crippen molar-refractivity contribution in [2.24, 2.45) is 4.99 Å². The number of allylic oxidation sites excluding steroid dienone is 1. The van der Waals surface area contributed by atoms with Gasteiger partial charge >= 0.3 is 0 Å². The lowest BCUT2D eigenvalue weighted by atomic mass is 9.85. The van der Waals surface area contributed by atoms with E-state index in [1.54, 1.807) is 18.4 Å². The molecule has 158 valence electrons. The molecular formula is C26H20N2O2S2. The summed E-state index contributed by atoms with van der Waals surface area (Å²) in [6.45, 7) is 0. The van der Waals surface area contributed by atoms with E-state index in [1.165, 1.54) is 32.9 Å². The van der Waals surface area contributed by atoms with Crippen LogP contribution in [0.25, 0.3) is 11.8 Å². The molecule has 2 aromatic carbocycles. The molecular weight excluding hydrogens is 436 g/mol. The molecule has 0 N–H and O–H groups in total. The molecule has 0 spiro atoms. The zero-order valence-corrected chi connectivity index (χ0v) is 19.1. The van der Waals surface area contributed by atoms with E-state index in [9.17, 15) is 4.79 Å². The minimum Gasteiger partial charge on any atom is -0.497 e. The number of hydrogen-bond acceptors (Lipinski definition) is 5. The molecule has 0 saturated heterocycles. The first kappa shape index (κ1) is 19.5. The predicted octanol–water partition coefficient (Wildman–Crippen LogP) is 4.39. The van der Waals surface area contributed by atoms with Crippen LogP contribution in [0.5, 0.6) is 5.75 Å². The van der Waals surface area contributed by atoms with E-state index in [-0.39, 0.29) is 11.6 Å². The molecule has 4 nitrogen and oxygen atoms in total. The first-order valence-electron chi connectivity index (χ1n) is 10.5. The number of rotatable bonds is 3. The maximum atomic E-state index is 13.6. The molecule has 6 rings (SSSR count). The van der Waals surface area contributed by atoms with Crippen molar-refractivity contribution in [1.82, 2.24) is 4.57 Å². The second-order valence-electron chi connectivity index (χ2n) is 7.91. The van der Waals surface area contributed by atoms with E-state index in [0.717, 1.165) is 34.7 Å². The molecule has 0 radical (unpaired) electrons. The van der Waals surface area contributed by atoms with E-state index in [0.29, 0.717) is 4.53 Å². The molecule has 1 aliphatic carbocycles. The molecule has 2 aromatic heterocycles. The van der Waals surface area contributed by atoms with Crippen LogP contribution in [0.1, 0.15) is 34.0 Å². The molecule has 1 unspecified atom stereocenters. The second kappa shape index (κ2) is 7.73. The number of thiazole rings is 1. The Morgan fingerprint density at radius 2 is 2.00 bits per heavy atom. The monoisotopic (exact) mass is 456 g/mol. The molecule has 1 atom stereocenters. The van der Waals surface area contributed by atoms with Gasteiger partial charge < -0.3 is 4.74 Å². The van der Waals surface area contributed by atoms with Gasteiger partial charge in [0, 0.05) is 10.4 Å². The van der Waals surface area contributed by atoms with Crippen LogP contribution in [0.15, 0.2) is 81.4 Å². The van der Waals surface area contributed by atoms with Crippen molar-refractivity contribution in [2.75, 3.05) is 7.11 Å². The molecule has 0 saturated carbocycles. The summed E-state index contributed by atoms with van der Waals surface area (Å²) in [6.07, 6.45) is 3.83. The van der Waals surface area contributed by atoms with E-state index >= 15 is 0 Å². The highest BCUT2D eigenvalue weighted by molar-refractivity contribution is 7.10. The highest BCUT2D eigenvalue weighted by atomic mass is 32.1. The summed E-state index contributed by atoms with van der Waals surface area (Å²) in [5, 5.41) is 2.08. The van der Waals surface area contributed by atoms with Crippen LogP contribution in [0.3, 0.4) is 0 Å². The third kappa shape index (κ3) is 3.10.